The van der Waals surface area contributed by atoms with Crippen molar-refractivity contribution in [2.24, 2.45) is 5.92 Å². The summed E-state index contributed by atoms with van der Waals surface area (Å²) < 4.78 is 0. The van der Waals surface area contributed by atoms with Crippen molar-refractivity contribution in [1.82, 2.24) is 10.2 Å². The van der Waals surface area contributed by atoms with E-state index in [0.717, 1.165) is 25.4 Å². The third kappa shape index (κ3) is 6.08. The molecule has 1 fully saturated rings. The Morgan fingerprint density at radius 1 is 1.38 bits per heavy atom. The van der Waals surface area contributed by atoms with Gasteiger partial charge in [-0.15, -0.1) is 0 Å². The van der Waals surface area contributed by atoms with Crippen LogP contribution in [0.2, 0.25) is 0 Å². The summed E-state index contributed by atoms with van der Waals surface area (Å²) in [5.41, 5.74) is 0. The van der Waals surface area contributed by atoms with E-state index in [-0.39, 0.29) is 6.42 Å². The summed E-state index contributed by atoms with van der Waals surface area (Å²) in [4.78, 5) is 12.7. The summed E-state index contributed by atoms with van der Waals surface area (Å²) in [6.07, 6.45) is 4.88. The Balaban J connectivity index is 1.89. The van der Waals surface area contributed by atoms with E-state index in [9.17, 15) is 4.79 Å². The minimum absolute atomic E-state index is 0.279. The van der Waals surface area contributed by atoms with Crippen molar-refractivity contribution in [3.63, 3.8) is 0 Å². The Morgan fingerprint density at radius 3 is 2.69 bits per heavy atom. The number of hydrogen-bond donors (Lipinski definition) is 2. The van der Waals surface area contributed by atoms with Crippen LogP contribution in [0.3, 0.4) is 0 Å². The van der Waals surface area contributed by atoms with E-state index >= 15 is 0 Å². The molecule has 1 aliphatic rings. The number of aliphatic carboxylic acids is 1. The molecule has 0 bridgehead atoms. The Kier molecular flexibility index (Phi) is 6.42. The summed E-state index contributed by atoms with van der Waals surface area (Å²) in [7, 11) is 2.18. The number of hydrogen-bond acceptors (Lipinski definition) is 3. The van der Waals surface area contributed by atoms with Gasteiger partial charge in [0.15, 0.2) is 0 Å². The van der Waals surface area contributed by atoms with Crippen molar-refractivity contribution in [3.8, 4) is 0 Å². The predicted octanol–water partition coefficient (Wildman–Crippen LogP) is 1.17. The number of likely N-dealkylation sites (tertiary alicyclic amines) is 1. The van der Waals surface area contributed by atoms with Crippen LogP contribution in [0.4, 0.5) is 0 Å². The minimum Gasteiger partial charge on any atom is -0.481 e. The quantitative estimate of drug-likeness (QED) is 0.642. The molecule has 0 aliphatic carbocycles. The number of carbonyl (C=O) groups is 1. The molecule has 1 heterocycles. The molecule has 0 atom stereocenters. The maximum Gasteiger partial charge on any atom is 0.303 e. The first-order valence-electron chi connectivity index (χ1n) is 6.29. The highest BCUT2D eigenvalue weighted by molar-refractivity contribution is 5.66. The highest BCUT2D eigenvalue weighted by Crippen LogP contribution is 2.18. The van der Waals surface area contributed by atoms with Crippen LogP contribution < -0.4 is 5.32 Å². The fourth-order valence-corrected chi connectivity index (χ4v) is 2.15. The molecule has 0 saturated carbocycles. The summed E-state index contributed by atoms with van der Waals surface area (Å²) in [6, 6.07) is 0. The Morgan fingerprint density at radius 2 is 2.06 bits per heavy atom. The largest absolute Gasteiger partial charge is 0.481 e. The zero-order valence-electron chi connectivity index (χ0n) is 10.2. The van der Waals surface area contributed by atoms with Crippen LogP contribution >= 0.6 is 0 Å². The normalized spacial score (nSPS) is 18.8. The molecule has 1 saturated heterocycles. The average molecular weight is 228 g/mol. The van der Waals surface area contributed by atoms with Gasteiger partial charge in [-0.1, -0.05) is 0 Å². The first-order chi connectivity index (χ1) is 7.68. The van der Waals surface area contributed by atoms with Crippen molar-refractivity contribution in [1.29, 1.82) is 0 Å². The van der Waals surface area contributed by atoms with Gasteiger partial charge in [0.05, 0.1) is 0 Å². The standard InChI is InChI=1S/C12H24N2O2/c1-14-9-5-11(6-10-14)4-8-13-7-2-3-12(15)16/h11,13H,2-10H2,1H3,(H,15,16). The van der Waals surface area contributed by atoms with Crippen LogP contribution in [-0.2, 0) is 4.79 Å². The fraction of sp³-hybridized carbons (Fsp3) is 0.917. The van der Waals surface area contributed by atoms with Crippen LogP contribution in [0.15, 0.2) is 0 Å². The maximum absolute atomic E-state index is 10.3. The lowest BCUT2D eigenvalue weighted by Crippen LogP contribution is -2.31. The van der Waals surface area contributed by atoms with Crippen LogP contribution in [0.25, 0.3) is 0 Å². The molecule has 0 aromatic heterocycles. The summed E-state index contributed by atoms with van der Waals surface area (Å²) in [5, 5.41) is 11.8. The molecule has 0 aromatic rings. The van der Waals surface area contributed by atoms with E-state index in [2.05, 4.69) is 17.3 Å². The van der Waals surface area contributed by atoms with Gasteiger partial charge in [-0.3, -0.25) is 4.79 Å². The van der Waals surface area contributed by atoms with Crippen LogP contribution in [-0.4, -0.2) is 49.2 Å². The van der Waals surface area contributed by atoms with E-state index in [0.29, 0.717) is 0 Å². The SMILES string of the molecule is CN1CCC(CCNCCCC(=O)O)CC1. The zero-order valence-corrected chi connectivity index (χ0v) is 10.2. The van der Waals surface area contributed by atoms with Gasteiger partial charge >= 0.3 is 5.97 Å². The van der Waals surface area contributed by atoms with E-state index in [1.807, 2.05) is 0 Å². The Labute approximate surface area is 98.0 Å². The van der Waals surface area contributed by atoms with Crippen molar-refractivity contribution in [3.05, 3.63) is 0 Å². The van der Waals surface area contributed by atoms with E-state index in [1.165, 1.54) is 32.4 Å². The monoisotopic (exact) mass is 228 g/mol. The molecule has 0 unspecified atom stereocenters. The molecular formula is C12H24N2O2. The molecule has 2 N–H and O–H groups in total. The number of nitrogens with one attached hydrogen (secondary N) is 1. The summed E-state index contributed by atoms with van der Waals surface area (Å²) >= 11 is 0. The molecule has 1 aliphatic heterocycles. The van der Waals surface area contributed by atoms with E-state index < -0.39 is 5.97 Å². The van der Waals surface area contributed by atoms with E-state index in [1.54, 1.807) is 0 Å². The molecule has 16 heavy (non-hydrogen) atoms. The van der Waals surface area contributed by atoms with Crippen molar-refractivity contribution >= 4 is 5.97 Å². The lowest BCUT2D eigenvalue weighted by Gasteiger charge is -2.28. The Hall–Kier alpha value is -0.610. The van der Waals surface area contributed by atoms with Crippen LogP contribution in [0.5, 0.6) is 0 Å². The molecule has 0 aromatic carbocycles. The maximum atomic E-state index is 10.3. The van der Waals surface area contributed by atoms with Crippen molar-refractivity contribution < 1.29 is 9.90 Å². The predicted molar refractivity (Wildman–Crippen MR) is 64.6 cm³/mol. The lowest BCUT2D eigenvalue weighted by atomic mass is 9.94. The van der Waals surface area contributed by atoms with Gasteiger partial charge in [-0.25, -0.2) is 0 Å². The lowest BCUT2D eigenvalue weighted by molar-refractivity contribution is -0.137. The van der Waals surface area contributed by atoms with Gasteiger partial charge in [0.2, 0.25) is 0 Å². The van der Waals surface area contributed by atoms with Gasteiger partial charge in [0.25, 0.3) is 0 Å². The topological polar surface area (TPSA) is 52.6 Å². The highest BCUT2D eigenvalue weighted by Gasteiger charge is 2.15. The first-order valence-corrected chi connectivity index (χ1v) is 6.29. The molecule has 0 radical (unpaired) electrons. The second-order valence-corrected chi connectivity index (χ2v) is 4.78. The molecule has 1 rings (SSSR count). The molecule has 0 amide bonds. The molecule has 94 valence electrons. The smallest absolute Gasteiger partial charge is 0.303 e. The fourth-order valence-electron chi connectivity index (χ4n) is 2.15. The zero-order chi connectivity index (χ0) is 11.8. The van der Waals surface area contributed by atoms with Crippen molar-refractivity contribution in [2.45, 2.75) is 32.1 Å². The van der Waals surface area contributed by atoms with Gasteiger partial charge in [-0.2, -0.15) is 0 Å². The second-order valence-electron chi connectivity index (χ2n) is 4.78. The van der Waals surface area contributed by atoms with Gasteiger partial charge in [0, 0.05) is 6.42 Å². The van der Waals surface area contributed by atoms with Gasteiger partial charge < -0.3 is 15.3 Å². The summed E-state index contributed by atoms with van der Waals surface area (Å²) in [6.45, 7) is 4.32. The minimum atomic E-state index is -0.697. The second kappa shape index (κ2) is 7.63. The number of carboxylic acids is 1. The molecule has 4 heteroatoms. The number of carboxylic acid groups (broad SMARTS) is 1. The van der Waals surface area contributed by atoms with Crippen LogP contribution in [0, 0.1) is 5.92 Å². The molecule has 0 spiro atoms. The molecular weight excluding hydrogens is 204 g/mol. The molecule has 4 nitrogen and oxygen atoms in total. The number of nitrogens with zero attached hydrogens (tertiary/aromatic N) is 1. The van der Waals surface area contributed by atoms with E-state index in [4.69, 9.17) is 5.11 Å². The number of rotatable bonds is 7. The number of piperidine rings is 1. The Bertz CT molecular complexity index is 201. The van der Waals surface area contributed by atoms with Gasteiger partial charge in [-0.05, 0) is 64.8 Å². The van der Waals surface area contributed by atoms with Crippen LogP contribution in [0.1, 0.15) is 32.1 Å². The van der Waals surface area contributed by atoms with Crippen molar-refractivity contribution in [2.75, 3.05) is 33.2 Å². The highest BCUT2D eigenvalue weighted by atomic mass is 16.4. The average Bonchev–Trinajstić information content (AvgIpc) is 2.25. The third-order valence-electron chi connectivity index (χ3n) is 3.31. The third-order valence-corrected chi connectivity index (χ3v) is 3.31. The first kappa shape index (κ1) is 13.5. The van der Waals surface area contributed by atoms with Gasteiger partial charge in [0.1, 0.15) is 0 Å². The summed E-state index contributed by atoms with van der Waals surface area (Å²) in [5.74, 6) is 0.167.